The van der Waals surface area contributed by atoms with Gasteiger partial charge in [0.15, 0.2) is 6.10 Å². The number of anilines is 1. The molecule has 0 saturated heterocycles. The maximum absolute atomic E-state index is 13.8. The molecule has 26 heavy (non-hydrogen) atoms. The Kier molecular flexibility index (Phi) is 6.27. The van der Waals surface area contributed by atoms with Crippen molar-refractivity contribution in [3.8, 4) is 5.75 Å². The molecule has 0 bridgehead atoms. The number of ether oxygens (including phenoxy) is 1. The van der Waals surface area contributed by atoms with Gasteiger partial charge in [-0.15, -0.1) is 0 Å². The number of rotatable bonds is 7. The molecular formula is C19H21FN2O4. The Hall–Kier alpha value is -2.96. The van der Waals surface area contributed by atoms with E-state index in [2.05, 4.69) is 19.2 Å². The van der Waals surface area contributed by atoms with E-state index in [0.717, 1.165) is 30.2 Å². The fraction of sp³-hybridized carbons (Fsp3) is 0.316. The second-order valence-corrected chi connectivity index (χ2v) is 6.02. The Morgan fingerprint density at radius 3 is 2.62 bits per heavy atom. The van der Waals surface area contributed by atoms with Gasteiger partial charge in [-0.25, -0.2) is 4.39 Å². The third-order valence-electron chi connectivity index (χ3n) is 4.15. The van der Waals surface area contributed by atoms with E-state index in [9.17, 15) is 19.3 Å². The van der Waals surface area contributed by atoms with E-state index in [1.165, 1.54) is 6.92 Å². The summed E-state index contributed by atoms with van der Waals surface area (Å²) in [7, 11) is 0. The first-order valence-electron chi connectivity index (χ1n) is 8.33. The number of benzene rings is 2. The highest BCUT2D eigenvalue weighted by atomic mass is 19.1. The number of carbonyl (C=O) groups is 1. The first-order valence-corrected chi connectivity index (χ1v) is 8.33. The summed E-state index contributed by atoms with van der Waals surface area (Å²) >= 11 is 0. The van der Waals surface area contributed by atoms with Crippen molar-refractivity contribution in [1.82, 2.24) is 0 Å². The number of halogens is 1. The lowest BCUT2D eigenvalue weighted by Crippen LogP contribution is -2.30. The maximum atomic E-state index is 13.8. The molecule has 0 aromatic heterocycles. The Morgan fingerprint density at radius 1 is 1.27 bits per heavy atom. The number of carbonyl (C=O) groups excluding carboxylic acids is 1. The smallest absolute Gasteiger partial charge is 0.271 e. The predicted octanol–water partition coefficient (Wildman–Crippen LogP) is 4.65. The molecular weight excluding hydrogens is 339 g/mol. The first kappa shape index (κ1) is 19.4. The fourth-order valence-electron chi connectivity index (χ4n) is 2.42. The minimum absolute atomic E-state index is 0.255. The number of non-ortho nitro benzene ring substituents is 1. The van der Waals surface area contributed by atoms with Crippen LogP contribution in [0.3, 0.4) is 0 Å². The Labute approximate surface area is 151 Å². The van der Waals surface area contributed by atoms with E-state index >= 15 is 0 Å². The van der Waals surface area contributed by atoms with Gasteiger partial charge >= 0.3 is 0 Å². The van der Waals surface area contributed by atoms with Crippen molar-refractivity contribution >= 4 is 17.3 Å². The monoisotopic (exact) mass is 360 g/mol. The lowest BCUT2D eigenvalue weighted by atomic mass is 9.98. The number of para-hydroxylation sites is 1. The Bertz CT molecular complexity index is 810. The van der Waals surface area contributed by atoms with Crippen molar-refractivity contribution < 1.29 is 18.8 Å². The van der Waals surface area contributed by atoms with Crippen LogP contribution in [0.1, 0.15) is 38.7 Å². The molecule has 2 unspecified atom stereocenters. The lowest BCUT2D eigenvalue weighted by Gasteiger charge is -2.19. The summed E-state index contributed by atoms with van der Waals surface area (Å²) in [6.07, 6.45) is 0.0127. The summed E-state index contributed by atoms with van der Waals surface area (Å²) in [5, 5.41) is 13.1. The van der Waals surface area contributed by atoms with Gasteiger partial charge in [-0.1, -0.05) is 32.0 Å². The minimum Gasteiger partial charge on any atom is -0.481 e. The van der Waals surface area contributed by atoms with Crippen LogP contribution >= 0.6 is 0 Å². The van der Waals surface area contributed by atoms with Crippen LogP contribution in [0, 0.1) is 15.9 Å². The van der Waals surface area contributed by atoms with Crippen molar-refractivity contribution in [2.45, 2.75) is 39.2 Å². The maximum Gasteiger partial charge on any atom is 0.271 e. The van der Waals surface area contributed by atoms with Gasteiger partial charge in [-0.05, 0) is 37.0 Å². The van der Waals surface area contributed by atoms with Crippen LogP contribution in [-0.4, -0.2) is 16.9 Å². The average Bonchev–Trinajstić information content (AvgIpc) is 2.63. The zero-order valence-electron chi connectivity index (χ0n) is 14.9. The molecule has 0 aliphatic rings. The number of amides is 1. The molecule has 0 heterocycles. The SMILES string of the molecule is CCC(C)c1ccccc1OC(C)C(=O)Nc1cc([N+](=O)[O-])ccc1F. The van der Waals surface area contributed by atoms with Gasteiger partial charge in [0.25, 0.3) is 11.6 Å². The molecule has 1 amide bonds. The van der Waals surface area contributed by atoms with Crippen molar-refractivity contribution in [3.05, 3.63) is 64.0 Å². The topological polar surface area (TPSA) is 81.5 Å². The summed E-state index contributed by atoms with van der Waals surface area (Å²) in [6, 6.07) is 10.4. The summed E-state index contributed by atoms with van der Waals surface area (Å²) in [6.45, 7) is 5.66. The van der Waals surface area contributed by atoms with Crippen molar-refractivity contribution in [2.24, 2.45) is 0 Å². The number of nitro benzene ring substituents is 1. The molecule has 7 heteroatoms. The molecule has 0 fully saturated rings. The van der Waals surface area contributed by atoms with E-state index in [-0.39, 0.29) is 17.3 Å². The van der Waals surface area contributed by atoms with Crippen LogP contribution in [0.4, 0.5) is 15.8 Å². The van der Waals surface area contributed by atoms with Crippen LogP contribution in [0.15, 0.2) is 42.5 Å². The fourth-order valence-corrected chi connectivity index (χ4v) is 2.42. The first-order chi connectivity index (χ1) is 12.3. The Balaban J connectivity index is 2.14. The zero-order chi connectivity index (χ0) is 19.3. The van der Waals surface area contributed by atoms with Gasteiger partial charge in [-0.2, -0.15) is 0 Å². The third-order valence-corrected chi connectivity index (χ3v) is 4.15. The molecule has 2 rings (SSSR count). The van der Waals surface area contributed by atoms with Gasteiger partial charge < -0.3 is 10.1 Å². The molecule has 0 saturated carbocycles. The molecule has 6 nitrogen and oxygen atoms in total. The normalized spacial score (nSPS) is 12.9. The minimum atomic E-state index is -0.904. The molecule has 138 valence electrons. The molecule has 1 N–H and O–H groups in total. The van der Waals surface area contributed by atoms with Crippen molar-refractivity contribution in [1.29, 1.82) is 0 Å². The van der Waals surface area contributed by atoms with E-state index in [1.807, 2.05) is 18.2 Å². The second kappa shape index (κ2) is 8.42. The highest BCUT2D eigenvalue weighted by molar-refractivity contribution is 5.94. The van der Waals surface area contributed by atoms with Gasteiger partial charge in [-0.3, -0.25) is 14.9 Å². The molecule has 2 atom stereocenters. The van der Waals surface area contributed by atoms with Crippen LogP contribution in [0.2, 0.25) is 0 Å². The van der Waals surface area contributed by atoms with Crippen LogP contribution < -0.4 is 10.1 Å². The van der Waals surface area contributed by atoms with Gasteiger partial charge in [0, 0.05) is 12.1 Å². The Morgan fingerprint density at radius 2 is 1.96 bits per heavy atom. The lowest BCUT2D eigenvalue weighted by molar-refractivity contribution is -0.384. The molecule has 2 aromatic carbocycles. The number of nitrogens with one attached hydrogen (secondary N) is 1. The summed E-state index contributed by atoms with van der Waals surface area (Å²) in [5.74, 6) is -0.501. The number of nitro groups is 1. The summed E-state index contributed by atoms with van der Waals surface area (Å²) in [4.78, 5) is 22.5. The highest BCUT2D eigenvalue weighted by Crippen LogP contribution is 2.29. The van der Waals surface area contributed by atoms with Gasteiger partial charge in [0.1, 0.15) is 11.6 Å². The van der Waals surface area contributed by atoms with Gasteiger partial charge in [0.2, 0.25) is 0 Å². The third kappa shape index (κ3) is 4.56. The highest BCUT2D eigenvalue weighted by Gasteiger charge is 2.20. The molecule has 0 spiro atoms. The molecule has 0 aliphatic heterocycles. The molecule has 0 aliphatic carbocycles. The largest absolute Gasteiger partial charge is 0.481 e. The van der Waals surface area contributed by atoms with Crippen molar-refractivity contribution in [3.63, 3.8) is 0 Å². The summed E-state index contributed by atoms with van der Waals surface area (Å²) in [5.41, 5.74) is 0.420. The van der Waals surface area contributed by atoms with E-state index in [0.29, 0.717) is 5.75 Å². The quantitative estimate of drug-likeness (QED) is 0.575. The van der Waals surface area contributed by atoms with E-state index in [4.69, 9.17) is 4.74 Å². The summed E-state index contributed by atoms with van der Waals surface area (Å²) < 4.78 is 19.6. The van der Waals surface area contributed by atoms with Crippen LogP contribution in [0.25, 0.3) is 0 Å². The van der Waals surface area contributed by atoms with Gasteiger partial charge in [0.05, 0.1) is 10.6 Å². The molecule has 0 radical (unpaired) electrons. The van der Waals surface area contributed by atoms with Crippen molar-refractivity contribution in [2.75, 3.05) is 5.32 Å². The number of nitrogens with zero attached hydrogens (tertiary/aromatic N) is 1. The predicted molar refractivity (Wildman–Crippen MR) is 96.9 cm³/mol. The van der Waals surface area contributed by atoms with Crippen LogP contribution in [0.5, 0.6) is 5.75 Å². The average molecular weight is 360 g/mol. The zero-order valence-corrected chi connectivity index (χ0v) is 14.9. The number of hydrogen-bond acceptors (Lipinski definition) is 4. The second-order valence-electron chi connectivity index (χ2n) is 6.02. The standard InChI is InChI=1S/C19H21FN2O4/c1-4-12(2)15-7-5-6-8-18(15)26-13(3)19(23)21-17-11-14(22(24)25)9-10-16(17)20/h5-13H,4H2,1-3H3,(H,21,23). The van der Waals surface area contributed by atoms with E-state index < -0.39 is 22.8 Å². The van der Waals surface area contributed by atoms with Crippen LogP contribution in [-0.2, 0) is 4.79 Å². The number of hydrogen-bond donors (Lipinski definition) is 1. The van der Waals surface area contributed by atoms with E-state index in [1.54, 1.807) is 6.07 Å². The molecule has 2 aromatic rings.